The lowest BCUT2D eigenvalue weighted by Gasteiger charge is -2.02. The minimum absolute atomic E-state index is 0.00931. The van der Waals surface area contributed by atoms with Crippen LogP contribution in [0.3, 0.4) is 0 Å². The molecule has 0 aliphatic rings. The molecule has 3 N–H and O–H groups in total. The van der Waals surface area contributed by atoms with Crippen LogP contribution in [0.1, 0.15) is 37.5 Å². The van der Waals surface area contributed by atoms with Crippen LogP contribution in [0, 0.1) is 6.92 Å². The highest BCUT2D eigenvalue weighted by Gasteiger charge is 2.08. The Hall–Kier alpha value is -0.900. The van der Waals surface area contributed by atoms with Crippen LogP contribution in [0.4, 0.5) is 0 Å². The average molecular weight is 154 g/mol. The van der Waals surface area contributed by atoms with Crippen LogP contribution in [-0.2, 0) is 0 Å². The number of hydrogen-bond donors (Lipinski definition) is 2. The molecule has 0 saturated heterocycles. The second-order valence-electron chi connectivity index (χ2n) is 2.67. The summed E-state index contributed by atoms with van der Waals surface area (Å²) in [5.74, 6) is 1.55. The molecule has 0 aliphatic heterocycles. The van der Waals surface area contributed by atoms with E-state index in [1.54, 1.807) is 0 Å². The zero-order valence-electron chi connectivity index (χ0n) is 6.96. The van der Waals surface area contributed by atoms with Crippen molar-refractivity contribution in [1.29, 1.82) is 0 Å². The highest BCUT2D eigenvalue weighted by Crippen LogP contribution is 2.09. The molecule has 0 saturated carbocycles. The fourth-order valence-electron chi connectivity index (χ4n) is 0.966. The molecular formula is C7H14N4. The lowest BCUT2D eigenvalue weighted by molar-refractivity contribution is 0.604. The van der Waals surface area contributed by atoms with Gasteiger partial charge in [0.15, 0.2) is 5.82 Å². The molecule has 0 radical (unpaired) electrons. The second-order valence-corrected chi connectivity index (χ2v) is 2.67. The van der Waals surface area contributed by atoms with Crippen LogP contribution in [0.2, 0.25) is 0 Å². The van der Waals surface area contributed by atoms with Gasteiger partial charge in [0, 0.05) is 0 Å². The zero-order valence-corrected chi connectivity index (χ0v) is 6.96. The van der Waals surface area contributed by atoms with E-state index >= 15 is 0 Å². The van der Waals surface area contributed by atoms with Crippen molar-refractivity contribution in [2.24, 2.45) is 5.73 Å². The topological polar surface area (TPSA) is 67.6 Å². The summed E-state index contributed by atoms with van der Waals surface area (Å²) in [6, 6.07) is -0.00931. The summed E-state index contributed by atoms with van der Waals surface area (Å²) in [6.07, 6.45) is 2.01. The molecule has 0 spiro atoms. The first-order valence-electron chi connectivity index (χ1n) is 3.88. The third-order valence-electron chi connectivity index (χ3n) is 1.55. The Balaban J connectivity index is 2.60. The first-order valence-corrected chi connectivity index (χ1v) is 3.88. The molecule has 1 atom stereocenters. The molecule has 0 amide bonds. The number of rotatable bonds is 3. The van der Waals surface area contributed by atoms with Gasteiger partial charge in [0.05, 0.1) is 6.04 Å². The van der Waals surface area contributed by atoms with Crippen molar-refractivity contribution in [2.45, 2.75) is 32.7 Å². The lowest BCUT2D eigenvalue weighted by atomic mass is 10.2. The number of nitrogens with one attached hydrogen (secondary N) is 1. The van der Waals surface area contributed by atoms with Crippen LogP contribution >= 0.6 is 0 Å². The van der Waals surface area contributed by atoms with E-state index in [4.69, 9.17) is 5.73 Å². The van der Waals surface area contributed by atoms with Gasteiger partial charge < -0.3 is 5.73 Å². The minimum atomic E-state index is -0.00931. The van der Waals surface area contributed by atoms with E-state index in [1.165, 1.54) is 0 Å². The molecular weight excluding hydrogens is 140 g/mol. The molecule has 62 valence electrons. The molecule has 0 unspecified atom stereocenters. The van der Waals surface area contributed by atoms with Crippen molar-refractivity contribution in [3.8, 4) is 0 Å². The van der Waals surface area contributed by atoms with Gasteiger partial charge in [0.2, 0.25) is 0 Å². The highest BCUT2D eigenvalue weighted by molar-refractivity contribution is 4.93. The van der Waals surface area contributed by atoms with Crippen LogP contribution in [0.5, 0.6) is 0 Å². The van der Waals surface area contributed by atoms with Crippen LogP contribution in [0.25, 0.3) is 0 Å². The Labute approximate surface area is 66.2 Å². The normalized spacial score (nSPS) is 13.4. The van der Waals surface area contributed by atoms with E-state index in [-0.39, 0.29) is 6.04 Å². The minimum Gasteiger partial charge on any atom is -0.321 e. The number of aromatic nitrogens is 3. The van der Waals surface area contributed by atoms with Gasteiger partial charge in [0.25, 0.3) is 0 Å². The van der Waals surface area contributed by atoms with E-state index in [9.17, 15) is 0 Å². The van der Waals surface area contributed by atoms with Crippen molar-refractivity contribution in [2.75, 3.05) is 0 Å². The number of aromatic amines is 1. The van der Waals surface area contributed by atoms with E-state index in [0.717, 1.165) is 24.5 Å². The second kappa shape index (κ2) is 3.48. The maximum absolute atomic E-state index is 5.77. The molecule has 1 aromatic heterocycles. The molecule has 0 bridgehead atoms. The Morgan fingerprint density at radius 2 is 2.36 bits per heavy atom. The Kier molecular flexibility index (Phi) is 2.59. The Morgan fingerprint density at radius 3 is 2.82 bits per heavy atom. The van der Waals surface area contributed by atoms with Gasteiger partial charge in [-0.15, -0.1) is 0 Å². The maximum atomic E-state index is 5.77. The summed E-state index contributed by atoms with van der Waals surface area (Å²) in [5, 5.41) is 6.74. The fraction of sp³-hybridized carbons (Fsp3) is 0.714. The molecule has 0 fully saturated rings. The third kappa shape index (κ3) is 2.01. The largest absolute Gasteiger partial charge is 0.321 e. The van der Waals surface area contributed by atoms with Crippen LogP contribution in [-0.4, -0.2) is 15.2 Å². The fourth-order valence-corrected chi connectivity index (χ4v) is 0.966. The maximum Gasteiger partial charge on any atom is 0.167 e. The quantitative estimate of drug-likeness (QED) is 0.680. The molecule has 11 heavy (non-hydrogen) atoms. The van der Waals surface area contributed by atoms with Gasteiger partial charge in [-0.1, -0.05) is 13.3 Å². The van der Waals surface area contributed by atoms with Crippen LogP contribution in [0.15, 0.2) is 0 Å². The summed E-state index contributed by atoms with van der Waals surface area (Å²) in [4.78, 5) is 4.14. The predicted octanol–water partition coefficient (Wildman–Crippen LogP) is 0.913. The van der Waals surface area contributed by atoms with Crippen molar-refractivity contribution in [1.82, 2.24) is 15.2 Å². The lowest BCUT2D eigenvalue weighted by Crippen LogP contribution is -2.11. The molecule has 4 heteroatoms. The predicted molar refractivity (Wildman–Crippen MR) is 43.0 cm³/mol. The summed E-state index contributed by atoms with van der Waals surface area (Å²) in [7, 11) is 0. The summed E-state index contributed by atoms with van der Waals surface area (Å²) >= 11 is 0. The monoisotopic (exact) mass is 154 g/mol. The number of nitrogens with zero attached hydrogens (tertiary/aromatic N) is 2. The Bertz CT molecular complexity index is 218. The molecule has 1 aromatic rings. The van der Waals surface area contributed by atoms with Crippen molar-refractivity contribution in [3.63, 3.8) is 0 Å². The molecule has 1 heterocycles. The summed E-state index contributed by atoms with van der Waals surface area (Å²) in [5.41, 5.74) is 5.77. The summed E-state index contributed by atoms with van der Waals surface area (Å²) < 4.78 is 0. The highest BCUT2D eigenvalue weighted by atomic mass is 15.2. The summed E-state index contributed by atoms with van der Waals surface area (Å²) in [6.45, 7) is 3.97. The van der Waals surface area contributed by atoms with Gasteiger partial charge in [-0.25, -0.2) is 4.98 Å². The van der Waals surface area contributed by atoms with Gasteiger partial charge in [-0.2, -0.15) is 5.10 Å². The van der Waals surface area contributed by atoms with Gasteiger partial charge >= 0.3 is 0 Å². The van der Waals surface area contributed by atoms with E-state index in [0.29, 0.717) is 0 Å². The SMILES string of the molecule is CCC[C@H](N)c1n[nH]c(C)n1. The first-order chi connectivity index (χ1) is 5.24. The standard InChI is InChI=1S/C7H14N4/c1-3-4-6(8)7-9-5(2)10-11-7/h6H,3-4,8H2,1-2H3,(H,9,10,11)/t6-/m0/s1. The number of H-pyrrole nitrogens is 1. The third-order valence-corrected chi connectivity index (χ3v) is 1.55. The van der Waals surface area contributed by atoms with E-state index in [1.807, 2.05) is 6.92 Å². The van der Waals surface area contributed by atoms with Crippen molar-refractivity contribution >= 4 is 0 Å². The van der Waals surface area contributed by atoms with Crippen LogP contribution < -0.4 is 5.73 Å². The average Bonchev–Trinajstić information content (AvgIpc) is 2.36. The van der Waals surface area contributed by atoms with Crippen molar-refractivity contribution in [3.05, 3.63) is 11.6 Å². The van der Waals surface area contributed by atoms with E-state index < -0.39 is 0 Å². The van der Waals surface area contributed by atoms with Gasteiger partial charge in [-0.05, 0) is 13.3 Å². The molecule has 0 aromatic carbocycles. The number of hydrogen-bond acceptors (Lipinski definition) is 3. The zero-order chi connectivity index (χ0) is 8.27. The first kappa shape index (κ1) is 8.20. The molecule has 1 rings (SSSR count). The van der Waals surface area contributed by atoms with E-state index in [2.05, 4.69) is 22.1 Å². The number of aryl methyl sites for hydroxylation is 1. The van der Waals surface area contributed by atoms with Crippen molar-refractivity contribution < 1.29 is 0 Å². The number of nitrogens with two attached hydrogens (primary N) is 1. The smallest absolute Gasteiger partial charge is 0.167 e. The van der Waals surface area contributed by atoms with Gasteiger partial charge in [0.1, 0.15) is 5.82 Å². The molecule has 4 nitrogen and oxygen atoms in total. The molecule has 0 aliphatic carbocycles. The Morgan fingerprint density at radius 1 is 1.64 bits per heavy atom. The van der Waals surface area contributed by atoms with Gasteiger partial charge in [-0.3, -0.25) is 5.10 Å².